The van der Waals surface area contributed by atoms with Crippen LogP contribution in [0.15, 0.2) is 17.5 Å². The van der Waals surface area contributed by atoms with E-state index < -0.39 is 17.7 Å². The number of hydrogen-bond acceptors (Lipinski definition) is 2. The first-order chi connectivity index (χ1) is 8.41. The van der Waals surface area contributed by atoms with Gasteiger partial charge in [-0.25, -0.2) is 8.78 Å². The predicted octanol–water partition coefficient (Wildman–Crippen LogP) is 4.38. The molecular weight excluding hydrogens is 278 g/mol. The maximum atomic E-state index is 13.7. The number of hydrogen-bond donors (Lipinski definition) is 1. The summed E-state index contributed by atoms with van der Waals surface area (Å²) in [6.07, 6.45) is -1.17. The van der Waals surface area contributed by atoms with E-state index >= 15 is 0 Å². The van der Waals surface area contributed by atoms with E-state index in [0.29, 0.717) is 9.90 Å². The van der Waals surface area contributed by atoms with Crippen LogP contribution in [0.3, 0.4) is 0 Å². The van der Waals surface area contributed by atoms with Gasteiger partial charge in [0.25, 0.3) is 0 Å². The molecule has 0 aliphatic carbocycles. The Hall–Kier alpha value is -0.970. The third kappa shape index (κ3) is 2.28. The Morgan fingerprint density at radius 1 is 1.17 bits per heavy atom. The molecule has 0 saturated heterocycles. The molecule has 1 N–H and O–H groups in total. The van der Waals surface area contributed by atoms with Crippen molar-refractivity contribution in [1.82, 2.24) is 0 Å². The Balaban J connectivity index is 2.49. The third-order valence-corrected chi connectivity index (χ3v) is 4.51. The predicted molar refractivity (Wildman–Crippen MR) is 69.2 cm³/mol. The largest absolute Gasteiger partial charge is 0.383 e. The molecule has 0 spiro atoms. The van der Waals surface area contributed by atoms with E-state index in [1.165, 1.54) is 24.3 Å². The fourth-order valence-corrected chi connectivity index (χ4v) is 2.96. The van der Waals surface area contributed by atoms with Crippen LogP contribution in [0.1, 0.15) is 27.7 Å². The van der Waals surface area contributed by atoms with Crippen LogP contribution in [0.4, 0.5) is 8.78 Å². The maximum absolute atomic E-state index is 13.7. The summed E-state index contributed by atoms with van der Waals surface area (Å²) in [5.41, 5.74) is 1.16. The molecule has 0 amide bonds. The third-order valence-electron chi connectivity index (χ3n) is 2.75. The summed E-state index contributed by atoms with van der Waals surface area (Å²) in [4.78, 5) is 0.471. The van der Waals surface area contributed by atoms with Gasteiger partial charge in [-0.1, -0.05) is 11.6 Å². The van der Waals surface area contributed by atoms with E-state index in [1.807, 2.05) is 0 Å². The van der Waals surface area contributed by atoms with Gasteiger partial charge in [0.05, 0.1) is 9.90 Å². The number of aliphatic hydroxyl groups excluding tert-OH is 1. The zero-order chi connectivity index (χ0) is 13.4. The Bertz CT molecular complexity index is 595. The minimum atomic E-state index is -1.17. The van der Waals surface area contributed by atoms with Gasteiger partial charge in [-0.2, -0.15) is 0 Å². The van der Waals surface area contributed by atoms with Gasteiger partial charge in [-0.15, -0.1) is 11.3 Å². The van der Waals surface area contributed by atoms with Crippen molar-refractivity contribution in [1.29, 1.82) is 0 Å². The number of aryl methyl sites for hydroxylation is 2. The average Bonchev–Trinajstić information content (AvgIpc) is 2.64. The van der Waals surface area contributed by atoms with Gasteiger partial charge in [0.2, 0.25) is 0 Å². The number of halogens is 3. The normalized spacial score (nSPS) is 12.8. The van der Waals surface area contributed by atoms with Crippen LogP contribution in [0, 0.1) is 25.5 Å². The van der Waals surface area contributed by atoms with Crippen molar-refractivity contribution in [2.24, 2.45) is 0 Å². The summed E-state index contributed by atoms with van der Waals surface area (Å²) in [7, 11) is 0. The molecule has 1 atom stereocenters. The summed E-state index contributed by atoms with van der Waals surface area (Å²) in [5, 5.41) is 12.4. The van der Waals surface area contributed by atoms with E-state index in [-0.39, 0.29) is 11.1 Å². The lowest BCUT2D eigenvalue weighted by molar-refractivity contribution is 0.218. The molecule has 2 rings (SSSR count). The average molecular weight is 289 g/mol. The first-order valence-electron chi connectivity index (χ1n) is 5.29. The maximum Gasteiger partial charge on any atom is 0.132 e. The van der Waals surface area contributed by atoms with Gasteiger partial charge in [-0.05, 0) is 36.4 Å². The van der Waals surface area contributed by atoms with Crippen LogP contribution >= 0.6 is 22.9 Å². The Morgan fingerprint density at radius 2 is 1.83 bits per heavy atom. The van der Waals surface area contributed by atoms with E-state index in [4.69, 9.17) is 11.6 Å². The van der Waals surface area contributed by atoms with Gasteiger partial charge in [0, 0.05) is 11.6 Å². The molecule has 1 aromatic carbocycles. The molecule has 0 aliphatic heterocycles. The second kappa shape index (κ2) is 4.96. The molecule has 96 valence electrons. The topological polar surface area (TPSA) is 20.2 Å². The SMILES string of the molecule is Cc1cc(C(O)c2scc(C)c2Cl)c(F)cc1F. The van der Waals surface area contributed by atoms with Gasteiger partial charge >= 0.3 is 0 Å². The van der Waals surface area contributed by atoms with E-state index in [9.17, 15) is 13.9 Å². The molecule has 1 aromatic heterocycles. The first-order valence-corrected chi connectivity index (χ1v) is 6.54. The van der Waals surface area contributed by atoms with Gasteiger partial charge in [-0.3, -0.25) is 0 Å². The van der Waals surface area contributed by atoms with Crippen LogP contribution in [0.2, 0.25) is 5.02 Å². The summed E-state index contributed by atoms with van der Waals surface area (Å²) in [5.74, 6) is -1.40. The second-order valence-electron chi connectivity index (χ2n) is 4.12. The molecule has 1 unspecified atom stereocenters. The molecule has 0 bridgehead atoms. The van der Waals surface area contributed by atoms with Crippen molar-refractivity contribution < 1.29 is 13.9 Å². The smallest absolute Gasteiger partial charge is 0.132 e. The second-order valence-corrected chi connectivity index (χ2v) is 5.41. The van der Waals surface area contributed by atoms with Gasteiger partial charge in [0.15, 0.2) is 0 Å². The van der Waals surface area contributed by atoms with E-state index in [2.05, 4.69) is 0 Å². The van der Waals surface area contributed by atoms with Crippen molar-refractivity contribution in [3.63, 3.8) is 0 Å². The van der Waals surface area contributed by atoms with Crippen LogP contribution in [0.5, 0.6) is 0 Å². The number of aliphatic hydroxyl groups is 1. The fraction of sp³-hybridized carbons (Fsp3) is 0.231. The molecule has 2 aromatic rings. The molecule has 0 radical (unpaired) electrons. The molecule has 1 nitrogen and oxygen atoms in total. The van der Waals surface area contributed by atoms with Crippen molar-refractivity contribution in [3.8, 4) is 0 Å². The van der Waals surface area contributed by atoms with Crippen LogP contribution < -0.4 is 0 Å². The summed E-state index contributed by atoms with van der Waals surface area (Å²) < 4.78 is 26.8. The highest BCUT2D eigenvalue weighted by molar-refractivity contribution is 7.10. The highest BCUT2D eigenvalue weighted by Gasteiger charge is 2.21. The molecule has 0 aliphatic rings. The lowest BCUT2D eigenvalue weighted by Gasteiger charge is -2.12. The Morgan fingerprint density at radius 3 is 2.39 bits per heavy atom. The molecule has 1 heterocycles. The number of rotatable bonds is 2. The monoisotopic (exact) mass is 288 g/mol. The number of benzene rings is 1. The lowest BCUT2D eigenvalue weighted by Crippen LogP contribution is -2.03. The zero-order valence-electron chi connectivity index (χ0n) is 9.80. The molecule has 18 heavy (non-hydrogen) atoms. The highest BCUT2D eigenvalue weighted by Crippen LogP contribution is 2.36. The van der Waals surface area contributed by atoms with E-state index in [0.717, 1.165) is 11.6 Å². The summed E-state index contributed by atoms with van der Waals surface area (Å²) in [6.45, 7) is 3.33. The Kier molecular flexibility index (Phi) is 3.71. The van der Waals surface area contributed by atoms with Gasteiger partial charge < -0.3 is 5.11 Å². The van der Waals surface area contributed by atoms with Crippen molar-refractivity contribution >= 4 is 22.9 Å². The van der Waals surface area contributed by atoms with Crippen LogP contribution in [0.25, 0.3) is 0 Å². The van der Waals surface area contributed by atoms with E-state index in [1.54, 1.807) is 12.3 Å². The standard InChI is InChI=1S/C13H11ClF2OS/c1-6-3-8(10(16)4-9(6)15)12(17)13-11(14)7(2)5-18-13/h3-5,12,17H,1-2H3. The zero-order valence-corrected chi connectivity index (χ0v) is 11.4. The van der Waals surface area contributed by atoms with Crippen molar-refractivity contribution in [3.05, 3.63) is 55.7 Å². The van der Waals surface area contributed by atoms with Crippen molar-refractivity contribution in [2.45, 2.75) is 20.0 Å². The molecule has 0 saturated carbocycles. The number of thiophene rings is 1. The lowest BCUT2D eigenvalue weighted by atomic mass is 10.0. The summed E-state index contributed by atoms with van der Waals surface area (Å²) in [6, 6.07) is 2.09. The Labute approximate surface area is 113 Å². The fourth-order valence-electron chi connectivity index (χ4n) is 1.66. The van der Waals surface area contributed by atoms with Crippen molar-refractivity contribution in [2.75, 3.05) is 0 Å². The molecule has 0 fully saturated rings. The highest BCUT2D eigenvalue weighted by atomic mass is 35.5. The van der Waals surface area contributed by atoms with Gasteiger partial charge in [0.1, 0.15) is 17.7 Å². The summed E-state index contributed by atoms with van der Waals surface area (Å²) >= 11 is 7.29. The molecule has 5 heteroatoms. The minimum Gasteiger partial charge on any atom is -0.383 e. The molecular formula is C13H11ClF2OS. The minimum absolute atomic E-state index is 0.0395. The first kappa shape index (κ1) is 13.5. The van der Waals surface area contributed by atoms with Crippen LogP contribution in [-0.2, 0) is 0 Å². The van der Waals surface area contributed by atoms with Crippen LogP contribution in [-0.4, -0.2) is 5.11 Å². The quantitative estimate of drug-likeness (QED) is 0.869.